The maximum atomic E-state index is 6.83. The summed E-state index contributed by atoms with van der Waals surface area (Å²) in [5, 5.41) is 7.76. The Morgan fingerprint density at radius 3 is 2.44 bits per heavy atom. The molecule has 4 aliphatic carbocycles. The molecule has 0 spiro atoms. The first-order valence-electron chi connectivity index (χ1n) is 16.1. The van der Waals surface area contributed by atoms with E-state index in [1.165, 1.54) is 10.8 Å². The topological polar surface area (TPSA) is 67.5 Å². The quantitative estimate of drug-likeness (QED) is 0.190. The molecule has 1 aromatic carbocycles. The molecule has 7 nitrogen and oxygen atoms in total. The van der Waals surface area contributed by atoms with Gasteiger partial charge in [0.25, 0.3) is 0 Å². The van der Waals surface area contributed by atoms with Crippen LogP contribution in [0.4, 0.5) is 5.82 Å². The first-order chi connectivity index (χ1) is 21.8. The van der Waals surface area contributed by atoms with Crippen molar-refractivity contribution < 1.29 is 9.26 Å². The summed E-state index contributed by atoms with van der Waals surface area (Å²) >= 11 is 13.1. The molecule has 0 atom stereocenters. The zero-order chi connectivity index (χ0) is 30.8. The van der Waals surface area contributed by atoms with Gasteiger partial charge < -0.3 is 19.1 Å². The van der Waals surface area contributed by atoms with Gasteiger partial charge in [-0.1, -0.05) is 46.3 Å². The number of rotatable bonds is 7. The molecule has 232 valence electrons. The van der Waals surface area contributed by atoms with E-state index in [-0.39, 0.29) is 11.0 Å². The smallest absolute Gasteiger partial charge is 0.145 e. The van der Waals surface area contributed by atoms with Crippen LogP contribution in [-0.2, 0) is 11.3 Å². The van der Waals surface area contributed by atoms with E-state index in [0.29, 0.717) is 39.9 Å². The second-order valence-corrected chi connectivity index (χ2v) is 14.5. The van der Waals surface area contributed by atoms with E-state index in [9.17, 15) is 0 Å². The lowest BCUT2D eigenvalue weighted by atomic mass is 9.59. The zero-order valence-corrected chi connectivity index (χ0v) is 27.3. The average Bonchev–Trinajstić information content (AvgIpc) is 3.79. The van der Waals surface area contributed by atoms with E-state index in [2.05, 4.69) is 70.1 Å². The lowest BCUT2D eigenvalue weighted by Crippen LogP contribution is -2.57. The second kappa shape index (κ2) is 11.3. The Labute approximate surface area is 274 Å². The first kappa shape index (κ1) is 29.3. The van der Waals surface area contributed by atoms with Crippen LogP contribution in [0.2, 0.25) is 10.0 Å². The Morgan fingerprint density at radius 2 is 1.76 bits per heavy atom. The van der Waals surface area contributed by atoms with Gasteiger partial charge in [-0.25, -0.2) is 4.98 Å². The van der Waals surface area contributed by atoms with Gasteiger partial charge in [0, 0.05) is 71.1 Å². The molecule has 0 N–H and O–H groups in total. The van der Waals surface area contributed by atoms with Crippen LogP contribution in [0.15, 0.2) is 47.4 Å². The van der Waals surface area contributed by atoms with Gasteiger partial charge in [-0.15, -0.1) is 0 Å². The van der Waals surface area contributed by atoms with E-state index in [1.807, 2.05) is 6.20 Å². The molecule has 9 rings (SSSR count). The van der Waals surface area contributed by atoms with E-state index < -0.39 is 0 Å². The molecule has 0 amide bonds. The SMILES string of the molecule is CN(C)C1CN(c2nccc3ccc(C#CC45CCC(OCc6c(-c7c(Cl)cncc7Cl)noc6C6CC6)(CC4)CC5)cc23)C1. The van der Waals surface area contributed by atoms with E-state index in [1.54, 1.807) is 12.4 Å². The maximum Gasteiger partial charge on any atom is 0.145 e. The summed E-state index contributed by atoms with van der Waals surface area (Å²) in [5.41, 5.74) is 3.29. The molecule has 4 aromatic rings. The van der Waals surface area contributed by atoms with E-state index >= 15 is 0 Å². The van der Waals surface area contributed by atoms with Crippen molar-refractivity contribution in [1.29, 1.82) is 0 Å². The van der Waals surface area contributed by atoms with Gasteiger partial charge >= 0.3 is 0 Å². The minimum absolute atomic E-state index is 0.0495. The molecule has 5 aliphatic rings. The number of hydrogen-bond acceptors (Lipinski definition) is 7. The third kappa shape index (κ3) is 5.40. The van der Waals surface area contributed by atoms with Crippen molar-refractivity contribution in [3.05, 3.63) is 69.8 Å². The van der Waals surface area contributed by atoms with Crippen molar-refractivity contribution in [1.82, 2.24) is 20.0 Å². The summed E-state index contributed by atoms with van der Waals surface area (Å²) in [4.78, 5) is 13.5. The van der Waals surface area contributed by atoms with Gasteiger partial charge in [-0.3, -0.25) is 4.98 Å². The zero-order valence-electron chi connectivity index (χ0n) is 25.8. The third-order valence-electron chi connectivity index (χ3n) is 10.7. The number of anilines is 1. The molecule has 5 fully saturated rings. The van der Waals surface area contributed by atoms with Crippen LogP contribution in [0.5, 0.6) is 0 Å². The fourth-order valence-corrected chi connectivity index (χ4v) is 7.93. The number of pyridine rings is 2. The summed E-state index contributed by atoms with van der Waals surface area (Å²) in [5.74, 6) is 9.72. The Morgan fingerprint density at radius 1 is 1.02 bits per heavy atom. The highest BCUT2D eigenvalue weighted by Crippen LogP contribution is 2.54. The number of nitrogens with zero attached hydrogens (tertiary/aromatic N) is 5. The fraction of sp³-hybridized carbons (Fsp3) is 0.472. The molecular formula is C36H37Cl2N5O2. The summed E-state index contributed by atoms with van der Waals surface area (Å²) in [7, 11) is 4.29. The normalized spacial score (nSPS) is 24.6. The number of benzene rings is 1. The molecular weight excluding hydrogens is 605 g/mol. The molecule has 2 bridgehead atoms. The monoisotopic (exact) mass is 641 g/mol. The Balaban J connectivity index is 0.976. The fourth-order valence-electron chi connectivity index (χ4n) is 7.38. The van der Waals surface area contributed by atoms with Crippen LogP contribution in [0, 0.1) is 17.3 Å². The number of aromatic nitrogens is 3. The molecule has 0 radical (unpaired) electrons. The standard InChI is InChI=1S/C36H37Cl2N5O2/c1-42(2)26-20-43(21-26)34-27-17-23(3-4-24(27)8-16-40-34)7-9-35-10-13-36(14-11-35,15-12-35)44-22-28-32(41-45-33(28)25-5-6-25)31-29(37)18-39-19-30(31)38/h3-4,8,16-19,25-26H,5-6,10-15,20-22H2,1-2H3. The van der Waals surface area contributed by atoms with Crippen molar-refractivity contribution in [2.75, 3.05) is 32.1 Å². The minimum atomic E-state index is -0.143. The third-order valence-corrected chi connectivity index (χ3v) is 11.2. The highest BCUT2D eigenvalue weighted by atomic mass is 35.5. The van der Waals surface area contributed by atoms with Crippen LogP contribution in [-0.4, -0.2) is 58.9 Å². The Bertz CT molecular complexity index is 1790. The highest BCUT2D eigenvalue weighted by molar-refractivity contribution is 6.38. The average molecular weight is 643 g/mol. The summed E-state index contributed by atoms with van der Waals surface area (Å²) in [6, 6.07) is 9.25. The number of hydrogen-bond donors (Lipinski definition) is 0. The molecule has 0 unspecified atom stereocenters. The lowest BCUT2D eigenvalue weighted by molar-refractivity contribution is -0.131. The number of likely N-dealkylation sites (N-methyl/N-ethyl adjacent to an activating group) is 1. The number of fused-ring (bicyclic) bond motifs is 4. The molecule has 9 heteroatoms. The molecule has 1 aliphatic heterocycles. The van der Waals surface area contributed by atoms with Crippen molar-refractivity contribution in [3.8, 4) is 23.1 Å². The van der Waals surface area contributed by atoms with Crippen molar-refractivity contribution in [2.24, 2.45) is 5.41 Å². The molecule has 4 saturated carbocycles. The molecule has 1 saturated heterocycles. The van der Waals surface area contributed by atoms with Gasteiger partial charge in [-0.2, -0.15) is 0 Å². The van der Waals surface area contributed by atoms with Crippen LogP contribution >= 0.6 is 23.2 Å². The van der Waals surface area contributed by atoms with Gasteiger partial charge in [0.2, 0.25) is 0 Å². The lowest BCUT2D eigenvalue weighted by Gasteiger charge is -2.51. The van der Waals surface area contributed by atoms with Crippen molar-refractivity contribution in [2.45, 2.75) is 75.5 Å². The van der Waals surface area contributed by atoms with E-state index in [0.717, 1.165) is 87.2 Å². The number of ether oxygens (including phenoxy) is 1. The largest absolute Gasteiger partial charge is 0.370 e. The highest BCUT2D eigenvalue weighted by Gasteiger charge is 2.49. The van der Waals surface area contributed by atoms with Crippen LogP contribution < -0.4 is 4.90 Å². The molecule has 45 heavy (non-hydrogen) atoms. The summed E-state index contributed by atoms with van der Waals surface area (Å²) in [6.45, 7) is 2.46. The first-order valence-corrected chi connectivity index (χ1v) is 16.8. The van der Waals surface area contributed by atoms with E-state index in [4.69, 9.17) is 37.4 Å². The minimum Gasteiger partial charge on any atom is -0.370 e. The Kier molecular flexibility index (Phi) is 7.33. The predicted octanol–water partition coefficient (Wildman–Crippen LogP) is 7.88. The van der Waals surface area contributed by atoms with Gasteiger partial charge in [-0.05, 0) is 89.0 Å². The van der Waals surface area contributed by atoms with Crippen LogP contribution in [0.1, 0.15) is 74.2 Å². The van der Waals surface area contributed by atoms with Gasteiger partial charge in [0.15, 0.2) is 0 Å². The second-order valence-electron chi connectivity index (χ2n) is 13.7. The van der Waals surface area contributed by atoms with Crippen molar-refractivity contribution in [3.63, 3.8) is 0 Å². The van der Waals surface area contributed by atoms with Gasteiger partial charge in [0.05, 0.1) is 22.3 Å². The summed E-state index contributed by atoms with van der Waals surface area (Å²) < 4.78 is 12.7. The summed E-state index contributed by atoms with van der Waals surface area (Å²) in [6.07, 6.45) is 13.5. The van der Waals surface area contributed by atoms with Crippen LogP contribution in [0.3, 0.4) is 0 Å². The molecule has 4 heterocycles. The number of halogens is 2. The Hall–Kier alpha value is -3.15. The predicted molar refractivity (Wildman–Crippen MR) is 178 cm³/mol. The maximum absolute atomic E-state index is 6.83. The van der Waals surface area contributed by atoms with Crippen LogP contribution in [0.25, 0.3) is 22.0 Å². The molecule has 3 aromatic heterocycles. The van der Waals surface area contributed by atoms with Crippen molar-refractivity contribution >= 4 is 39.8 Å². The van der Waals surface area contributed by atoms with Gasteiger partial charge in [0.1, 0.15) is 17.3 Å².